The van der Waals surface area contributed by atoms with Crippen LogP contribution in [0.3, 0.4) is 0 Å². The second-order valence-corrected chi connectivity index (χ2v) is 4.72. The number of hydrogen-bond acceptors (Lipinski definition) is 1. The Morgan fingerprint density at radius 3 is 2.20 bits per heavy atom. The van der Waals surface area contributed by atoms with Crippen LogP contribution < -0.4 is 5.73 Å². The van der Waals surface area contributed by atoms with Gasteiger partial charge in [0.15, 0.2) is 0 Å². The minimum absolute atomic E-state index is 0.287. The van der Waals surface area contributed by atoms with Crippen LogP contribution in [0.25, 0.3) is 0 Å². The molecule has 84 valence electrons. The van der Waals surface area contributed by atoms with Crippen LogP contribution >= 0.6 is 0 Å². The number of hydrogen-bond donors (Lipinski definition) is 1. The third kappa shape index (κ3) is 3.67. The van der Waals surface area contributed by atoms with Crippen molar-refractivity contribution in [3.63, 3.8) is 0 Å². The van der Waals surface area contributed by atoms with E-state index in [1.54, 1.807) is 0 Å². The number of nitrogens with two attached hydrogens (primary N) is 1. The van der Waals surface area contributed by atoms with Gasteiger partial charge >= 0.3 is 0 Å². The molecule has 1 heteroatoms. The van der Waals surface area contributed by atoms with Gasteiger partial charge in [-0.2, -0.15) is 0 Å². The van der Waals surface area contributed by atoms with Crippen LogP contribution in [0.15, 0.2) is 30.3 Å². The average molecular weight is 205 g/mol. The molecule has 2 N–H and O–H groups in total. The second-order valence-electron chi connectivity index (χ2n) is 4.72. The van der Waals surface area contributed by atoms with Crippen molar-refractivity contribution in [3.8, 4) is 0 Å². The van der Waals surface area contributed by atoms with E-state index in [1.807, 2.05) is 0 Å². The van der Waals surface area contributed by atoms with Gasteiger partial charge in [0, 0.05) is 6.04 Å². The maximum atomic E-state index is 6.20. The van der Waals surface area contributed by atoms with Crippen molar-refractivity contribution in [3.05, 3.63) is 35.9 Å². The molecule has 0 saturated heterocycles. The highest BCUT2D eigenvalue weighted by molar-refractivity contribution is 5.21. The van der Waals surface area contributed by atoms with Crippen molar-refractivity contribution in [2.24, 2.45) is 11.7 Å². The van der Waals surface area contributed by atoms with Crippen molar-refractivity contribution in [2.75, 3.05) is 0 Å². The van der Waals surface area contributed by atoms with Crippen LogP contribution in [0.1, 0.15) is 45.1 Å². The topological polar surface area (TPSA) is 26.0 Å². The van der Waals surface area contributed by atoms with E-state index in [-0.39, 0.29) is 6.04 Å². The first-order valence-electron chi connectivity index (χ1n) is 5.95. The highest BCUT2D eigenvalue weighted by Crippen LogP contribution is 2.27. The Hall–Kier alpha value is -0.820. The molecule has 1 rings (SSSR count). The SMILES string of the molecule is CCC(N)C(CC(C)C)c1ccccc1. The molecule has 0 fully saturated rings. The lowest BCUT2D eigenvalue weighted by Gasteiger charge is -2.25. The predicted molar refractivity (Wildman–Crippen MR) is 66.9 cm³/mol. The van der Waals surface area contributed by atoms with Crippen molar-refractivity contribution in [1.29, 1.82) is 0 Å². The van der Waals surface area contributed by atoms with Crippen LogP contribution in [0.4, 0.5) is 0 Å². The summed E-state index contributed by atoms with van der Waals surface area (Å²) in [6.07, 6.45) is 2.23. The second kappa shape index (κ2) is 5.92. The average Bonchev–Trinajstić information content (AvgIpc) is 2.26. The van der Waals surface area contributed by atoms with Gasteiger partial charge in [0.1, 0.15) is 0 Å². The lowest BCUT2D eigenvalue weighted by atomic mass is 9.84. The summed E-state index contributed by atoms with van der Waals surface area (Å²) in [5, 5.41) is 0. The first kappa shape index (κ1) is 12.3. The summed E-state index contributed by atoms with van der Waals surface area (Å²) >= 11 is 0. The van der Waals surface area contributed by atoms with Crippen molar-refractivity contribution in [1.82, 2.24) is 0 Å². The van der Waals surface area contributed by atoms with E-state index in [0.717, 1.165) is 6.42 Å². The summed E-state index contributed by atoms with van der Waals surface area (Å²) < 4.78 is 0. The van der Waals surface area contributed by atoms with Gasteiger partial charge in [0.25, 0.3) is 0 Å². The van der Waals surface area contributed by atoms with E-state index >= 15 is 0 Å². The highest BCUT2D eigenvalue weighted by Gasteiger charge is 2.19. The number of benzene rings is 1. The van der Waals surface area contributed by atoms with Gasteiger partial charge in [-0.15, -0.1) is 0 Å². The van der Waals surface area contributed by atoms with Gasteiger partial charge in [-0.25, -0.2) is 0 Å². The molecule has 0 aliphatic carbocycles. The normalized spacial score (nSPS) is 15.3. The zero-order valence-electron chi connectivity index (χ0n) is 10.1. The van der Waals surface area contributed by atoms with Gasteiger partial charge in [-0.05, 0) is 30.2 Å². The maximum absolute atomic E-state index is 6.20. The fourth-order valence-corrected chi connectivity index (χ4v) is 2.05. The molecule has 0 saturated carbocycles. The Morgan fingerprint density at radius 1 is 1.13 bits per heavy atom. The zero-order chi connectivity index (χ0) is 11.3. The van der Waals surface area contributed by atoms with E-state index in [9.17, 15) is 0 Å². The molecule has 0 aliphatic rings. The summed E-state index contributed by atoms with van der Waals surface area (Å²) in [7, 11) is 0. The third-order valence-electron chi connectivity index (χ3n) is 2.94. The molecule has 0 aliphatic heterocycles. The quantitative estimate of drug-likeness (QED) is 0.781. The Bertz CT molecular complexity index is 266. The molecule has 0 heterocycles. The van der Waals surface area contributed by atoms with E-state index in [1.165, 1.54) is 12.0 Å². The molecule has 1 aromatic rings. The van der Waals surface area contributed by atoms with Gasteiger partial charge in [-0.3, -0.25) is 0 Å². The van der Waals surface area contributed by atoms with E-state index < -0.39 is 0 Å². The van der Waals surface area contributed by atoms with Gasteiger partial charge in [-0.1, -0.05) is 51.1 Å². The lowest BCUT2D eigenvalue weighted by Crippen LogP contribution is -2.28. The fraction of sp³-hybridized carbons (Fsp3) is 0.571. The van der Waals surface area contributed by atoms with Gasteiger partial charge in [0.05, 0.1) is 0 Å². The van der Waals surface area contributed by atoms with Crippen LogP contribution in [-0.2, 0) is 0 Å². The smallest absolute Gasteiger partial charge is 0.0105 e. The van der Waals surface area contributed by atoms with Gasteiger partial charge < -0.3 is 5.73 Å². The minimum Gasteiger partial charge on any atom is -0.327 e. The molecule has 2 unspecified atom stereocenters. The zero-order valence-corrected chi connectivity index (χ0v) is 10.1. The highest BCUT2D eigenvalue weighted by atomic mass is 14.6. The Kier molecular flexibility index (Phi) is 4.83. The standard InChI is InChI=1S/C14H23N/c1-4-14(15)13(10-11(2)3)12-8-6-5-7-9-12/h5-9,11,13-14H,4,10,15H2,1-3H3. The predicted octanol–water partition coefficient (Wildman–Crippen LogP) is 3.55. The summed E-state index contributed by atoms with van der Waals surface area (Å²) in [5.74, 6) is 1.21. The Labute approximate surface area is 93.7 Å². The molecule has 15 heavy (non-hydrogen) atoms. The van der Waals surface area contributed by atoms with Gasteiger partial charge in [0.2, 0.25) is 0 Å². The first-order valence-corrected chi connectivity index (χ1v) is 5.95. The molecule has 0 aromatic heterocycles. The Morgan fingerprint density at radius 2 is 1.73 bits per heavy atom. The first-order chi connectivity index (χ1) is 7.15. The van der Waals surface area contributed by atoms with Crippen molar-refractivity contribution < 1.29 is 0 Å². The summed E-state index contributed by atoms with van der Waals surface area (Å²) in [6, 6.07) is 10.9. The fourth-order valence-electron chi connectivity index (χ4n) is 2.05. The van der Waals surface area contributed by atoms with Crippen LogP contribution in [0.5, 0.6) is 0 Å². The van der Waals surface area contributed by atoms with Crippen LogP contribution in [-0.4, -0.2) is 6.04 Å². The Balaban J connectivity index is 2.81. The molecular formula is C14H23N. The van der Waals surface area contributed by atoms with Crippen molar-refractivity contribution >= 4 is 0 Å². The molecule has 0 radical (unpaired) electrons. The third-order valence-corrected chi connectivity index (χ3v) is 2.94. The molecule has 0 amide bonds. The molecule has 2 atom stereocenters. The monoisotopic (exact) mass is 205 g/mol. The molecule has 1 nitrogen and oxygen atoms in total. The van der Waals surface area contributed by atoms with Crippen molar-refractivity contribution in [2.45, 2.75) is 45.6 Å². The molecule has 1 aromatic carbocycles. The molecule has 0 bridgehead atoms. The van der Waals surface area contributed by atoms with Crippen LogP contribution in [0, 0.1) is 5.92 Å². The summed E-state index contributed by atoms with van der Waals surface area (Å²) in [4.78, 5) is 0. The summed E-state index contributed by atoms with van der Waals surface area (Å²) in [5.41, 5.74) is 7.59. The molecular weight excluding hydrogens is 182 g/mol. The van der Waals surface area contributed by atoms with E-state index in [4.69, 9.17) is 5.73 Å². The maximum Gasteiger partial charge on any atom is 0.0105 e. The van der Waals surface area contributed by atoms with E-state index in [2.05, 4.69) is 51.1 Å². The molecule has 0 spiro atoms. The number of rotatable bonds is 5. The minimum atomic E-state index is 0.287. The largest absolute Gasteiger partial charge is 0.327 e. The summed E-state index contributed by atoms with van der Waals surface area (Å²) in [6.45, 7) is 6.69. The van der Waals surface area contributed by atoms with Crippen LogP contribution in [0.2, 0.25) is 0 Å². The van der Waals surface area contributed by atoms with E-state index in [0.29, 0.717) is 11.8 Å². The lowest BCUT2D eigenvalue weighted by molar-refractivity contribution is 0.426.